The molecule has 0 spiro atoms. The number of esters is 2. The zero-order valence-electron chi connectivity index (χ0n) is 16.2. The van der Waals surface area contributed by atoms with Gasteiger partial charge in [-0.1, -0.05) is 11.6 Å². The Bertz CT molecular complexity index is 1160. The SMILES string of the molecule is CCOc1cc(/C=C2\N=C(c3ccc(Cl)c([N+](=O)[O-])c3)OC2=O)cc(I)c1OC(C)=O. The lowest BCUT2D eigenvalue weighted by Crippen LogP contribution is -2.06. The van der Waals surface area contributed by atoms with Gasteiger partial charge in [-0.15, -0.1) is 0 Å². The van der Waals surface area contributed by atoms with Crippen LogP contribution in [0.5, 0.6) is 11.5 Å². The number of halogens is 2. The molecule has 0 unspecified atom stereocenters. The third kappa shape index (κ3) is 5.20. The lowest BCUT2D eigenvalue weighted by molar-refractivity contribution is -0.384. The van der Waals surface area contributed by atoms with Crippen LogP contribution >= 0.6 is 34.2 Å². The van der Waals surface area contributed by atoms with Crippen molar-refractivity contribution in [1.29, 1.82) is 0 Å². The van der Waals surface area contributed by atoms with Gasteiger partial charge in [-0.3, -0.25) is 14.9 Å². The fourth-order valence-electron chi connectivity index (χ4n) is 2.65. The van der Waals surface area contributed by atoms with E-state index in [9.17, 15) is 19.7 Å². The summed E-state index contributed by atoms with van der Waals surface area (Å²) in [6.07, 6.45) is 1.47. The molecule has 1 aliphatic rings. The Morgan fingerprint density at radius 1 is 1.35 bits per heavy atom. The summed E-state index contributed by atoms with van der Waals surface area (Å²) in [5.74, 6) is -0.670. The number of ether oxygens (including phenoxy) is 3. The maximum atomic E-state index is 12.3. The molecule has 0 aromatic heterocycles. The summed E-state index contributed by atoms with van der Waals surface area (Å²) < 4.78 is 16.5. The van der Waals surface area contributed by atoms with Crippen molar-refractivity contribution < 1.29 is 28.7 Å². The summed E-state index contributed by atoms with van der Waals surface area (Å²) in [6, 6.07) is 7.26. The van der Waals surface area contributed by atoms with Crippen LogP contribution in [0.2, 0.25) is 5.02 Å². The lowest BCUT2D eigenvalue weighted by Gasteiger charge is -2.12. The normalized spacial score (nSPS) is 14.3. The Morgan fingerprint density at radius 2 is 2.10 bits per heavy atom. The number of carbonyl (C=O) groups is 2. The van der Waals surface area contributed by atoms with E-state index in [0.717, 1.165) is 0 Å². The average Bonchev–Trinajstić information content (AvgIpc) is 3.05. The van der Waals surface area contributed by atoms with Crippen molar-refractivity contribution in [3.63, 3.8) is 0 Å². The Hall–Kier alpha value is -2.99. The highest BCUT2D eigenvalue weighted by molar-refractivity contribution is 14.1. The van der Waals surface area contributed by atoms with Crippen molar-refractivity contribution in [2.75, 3.05) is 6.61 Å². The minimum Gasteiger partial charge on any atom is -0.490 e. The molecule has 0 saturated heterocycles. The predicted molar refractivity (Wildman–Crippen MR) is 120 cm³/mol. The molecule has 0 N–H and O–H groups in total. The predicted octanol–water partition coefficient (Wildman–Crippen LogP) is 4.52. The smallest absolute Gasteiger partial charge is 0.363 e. The molecule has 0 atom stereocenters. The molecular formula is C20H14ClIN2O7. The van der Waals surface area contributed by atoms with Crippen LogP contribution in [0.1, 0.15) is 25.0 Å². The Morgan fingerprint density at radius 3 is 2.74 bits per heavy atom. The largest absolute Gasteiger partial charge is 0.490 e. The van der Waals surface area contributed by atoms with Gasteiger partial charge in [-0.05, 0) is 65.4 Å². The molecule has 3 rings (SSSR count). The van der Waals surface area contributed by atoms with Crippen LogP contribution in [0.15, 0.2) is 41.0 Å². The van der Waals surface area contributed by atoms with E-state index in [1.54, 1.807) is 19.1 Å². The highest BCUT2D eigenvalue weighted by atomic mass is 127. The summed E-state index contributed by atoms with van der Waals surface area (Å²) in [5, 5.41) is 11.0. The van der Waals surface area contributed by atoms with Crippen molar-refractivity contribution >= 4 is 63.8 Å². The van der Waals surface area contributed by atoms with Crippen LogP contribution in [0.25, 0.3) is 6.08 Å². The minimum atomic E-state index is -0.718. The maximum Gasteiger partial charge on any atom is 0.363 e. The summed E-state index contributed by atoms with van der Waals surface area (Å²) in [4.78, 5) is 38.3. The molecule has 31 heavy (non-hydrogen) atoms. The average molecular weight is 557 g/mol. The van der Waals surface area contributed by atoms with Gasteiger partial charge in [-0.2, -0.15) is 0 Å². The first-order chi connectivity index (χ1) is 14.7. The van der Waals surface area contributed by atoms with Crippen LogP contribution in [-0.2, 0) is 14.3 Å². The molecule has 2 aromatic carbocycles. The minimum absolute atomic E-state index is 0.00825. The van der Waals surface area contributed by atoms with Crippen LogP contribution < -0.4 is 9.47 Å². The van der Waals surface area contributed by atoms with Crippen molar-refractivity contribution in [2.24, 2.45) is 4.99 Å². The van der Waals surface area contributed by atoms with E-state index in [1.807, 2.05) is 22.6 Å². The number of hydrogen-bond acceptors (Lipinski definition) is 8. The lowest BCUT2D eigenvalue weighted by atomic mass is 10.1. The first kappa shape index (κ1) is 22.7. The monoisotopic (exact) mass is 556 g/mol. The van der Waals surface area contributed by atoms with E-state index < -0.39 is 16.9 Å². The molecular weight excluding hydrogens is 543 g/mol. The van der Waals surface area contributed by atoms with E-state index >= 15 is 0 Å². The molecule has 0 bridgehead atoms. The molecule has 0 amide bonds. The maximum absolute atomic E-state index is 12.3. The Kier molecular flexibility index (Phi) is 6.91. The van der Waals surface area contributed by atoms with Crippen LogP contribution in [0, 0.1) is 13.7 Å². The number of rotatable bonds is 6. The summed E-state index contributed by atoms with van der Waals surface area (Å²) >= 11 is 7.81. The highest BCUT2D eigenvalue weighted by Crippen LogP contribution is 2.35. The second kappa shape index (κ2) is 9.43. The fraction of sp³-hybridized carbons (Fsp3) is 0.150. The zero-order valence-corrected chi connectivity index (χ0v) is 19.1. The molecule has 1 aliphatic heterocycles. The third-order valence-electron chi connectivity index (χ3n) is 3.89. The number of aliphatic imine (C=N–C) groups is 1. The summed E-state index contributed by atoms with van der Waals surface area (Å²) in [5.41, 5.74) is 0.462. The van der Waals surface area contributed by atoms with E-state index in [2.05, 4.69) is 4.99 Å². The number of hydrogen-bond donors (Lipinski definition) is 0. The van der Waals surface area contributed by atoms with E-state index in [-0.39, 0.29) is 33.6 Å². The standard InChI is InChI=1S/C20H14ClIN2O7/c1-3-29-17-8-11(6-14(22)18(17)30-10(2)25)7-15-20(26)31-19(23-15)12-4-5-13(21)16(9-12)24(27)28/h4-9H,3H2,1-2H3/b15-7-. The van der Waals surface area contributed by atoms with Gasteiger partial charge in [0.1, 0.15) is 5.02 Å². The Balaban J connectivity index is 1.99. The quantitative estimate of drug-likeness (QED) is 0.128. The van der Waals surface area contributed by atoms with Crippen LogP contribution in [-0.4, -0.2) is 29.4 Å². The third-order valence-corrected chi connectivity index (χ3v) is 5.01. The van der Waals surface area contributed by atoms with Gasteiger partial charge < -0.3 is 14.2 Å². The Labute approximate surface area is 194 Å². The van der Waals surface area contributed by atoms with Gasteiger partial charge in [0.15, 0.2) is 17.2 Å². The number of benzene rings is 2. The van der Waals surface area contributed by atoms with Crippen molar-refractivity contribution in [3.8, 4) is 11.5 Å². The molecule has 11 heteroatoms. The second-order valence-electron chi connectivity index (χ2n) is 6.12. The number of nitro benzene ring substituents is 1. The van der Waals surface area contributed by atoms with Crippen LogP contribution in [0.4, 0.5) is 5.69 Å². The van der Waals surface area contributed by atoms with E-state index in [0.29, 0.717) is 21.5 Å². The van der Waals surface area contributed by atoms with Gasteiger partial charge in [0.05, 0.1) is 15.1 Å². The van der Waals surface area contributed by atoms with Gasteiger partial charge in [0.2, 0.25) is 5.90 Å². The molecule has 9 nitrogen and oxygen atoms in total. The highest BCUT2D eigenvalue weighted by Gasteiger charge is 2.26. The van der Waals surface area contributed by atoms with Crippen molar-refractivity contribution in [1.82, 2.24) is 0 Å². The first-order valence-corrected chi connectivity index (χ1v) is 10.3. The van der Waals surface area contributed by atoms with Gasteiger partial charge in [0.25, 0.3) is 5.69 Å². The molecule has 0 saturated carbocycles. The molecule has 160 valence electrons. The van der Waals surface area contributed by atoms with Gasteiger partial charge in [-0.25, -0.2) is 9.79 Å². The van der Waals surface area contributed by atoms with Crippen LogP contribution in [0.3, 0.4) is 0 Å². The number of nitrogens with zero attached hydrogens (tertiary/aromatic N) is 2. The number of carbonyl (C=O) groups excluding carboxylic acids is 2. The van der Waals surface area contributed by atoms with E-state index in [4.69, 9.17) is 25.8 Å². The number of nitro groups is 1. The topological polar surface area (TPSA) is 117 Å². The van der Waals surface area contributed by atoms with E-state index in [1.165, 1.54) is 31.2 Å². The van der Waals surface area contributed by atoms with Gasteiger partial charge >= 0.3 is 11.9 Å². The molecule has 0 aliphatic carbocycles. The van der Waals surface area contributed by atoms with Gasteiger partial charge in [0, 0.05) is 18.6 Å². The van der Waals surface area contributed by atoms with Crippen molar-refractivity contribution in [3.05, 3.63) is 65.9 Å². The fourth-order valence-corrected chi connectivity index (χ4v) is 3.58. The summed E-state index contributed by atoms with van der Waals surface area (Å²) in [6.45, 7) is 3.41. The second-order valence-corrected chi connectivity index (χ2v) is 7.69. The summed E-state index contributed by atoms with van der Waals surface area (Å²) in [7, 11) is 0. The first-order valence-electron chi connectivity index (χ1n) is 8.81. The molecule has 2 aromatic rings. The number of cyclic esters (lactones) is 1. The molecule has 0 fully saturated rings. The molecule has 1 heterocycles. The zero-order chi connectivity index (χ0) is 22.7. The van der Waals surface area contributed by atoms with Crippen molar-refractivity contribution in [2.45, 2.75) is 13.8 Å². The molecule has 0 radical (unpaired) electrons.